The van der Waals surface area contributed by atoms with Gasteiger partial charge in [-0.3, -0.25) is 0 Å². The van der Waals surface area contributed by atoms with Crippen LogP contribution in [0.2, 0.25) is 0 Å². The molecular formula is C13H29NS. The van der Waals surface area contributed by atoms with Crippen LogP contribution in [-0.4, -0.2) is 30.3 Å². The fourth-order valence-electron chi connectivity index (χ4n) is 1.72. The molecule has 2 atom stereocenters. The van der Waals surface area contributed by atoms with Crippen molar-refractivity contribution in [2.75, 3.05) is 25.4 Å². The number of nitrogens with zero attached hydrogens (tertiary/aromatic N) is 1. The van der Waals surface area contributed by atoms with Gasteiger partial charge in [0.25, 0.3) is 0 Å². The molecule has 0 saturated carbocycles. The first kappa shape index (κ1) is 15.3. The van der Waals surface area contributed by atoms with Crippen molar-refractivity contribution in [3.63, 3.8) is 0 Å². The van der Waals surface area contributed by atoms with Crippen LogP contribution >= 0.6 is 12.6 Å². The van der Waals surface area contributed by atoms with Crippen LogP contribution in [0.3, 0.4) is 0 Å². The predicted molar refractivity (Wildman–Crippen MR) is 73.8 cm³/mol. The van der Waals surface area contributed by atoms with E-state index in [0.717, 1.165) is 17.6 Å². The highest BCUT2D eigenvalue weighted by Crippen LogP contribution is 2.11. The second-order valence-corrected chi connectivity index (χ2v) is 5.26. The van der Waals surface area contributed by atoms with E-state index in [2.05, 4.69) is 45.2 Å². The van der Waals surface area contributed by atoms with Crippen molar-refractivity contribution >= 4 is 12.6 Å². The van der Waals surface area contributed by atoms with Gasteiger partial charge in [-0.05, 0) is 43.5 Å². The van der Waals surface area contributed by atoms with Gasteiger partial charge in [-0.25, -0.2) is 0 Å². The van der Waals surface area contributed by atoms with Gasteiger partial charge in [0.1, 0.15) is 0 Å². The van der Waals surface area contributed by atoms with Crippen molar-refractivity contribution in [2.45, 2.75) is 47.0 Å². The van der Waals surface area contributed by atoms with E-state index in [0.29, 0.717) is 0 Å². The zero-order valence-electron chi connectivity index (χ0n) is 11.0. The Balaban J connectivity index is 3.69. The van der Waals surface area contributed by atoms with E-state index in [1.165, 1.54) is 38.9 Å². The van der Waals surface area contributed by atoms with Crippen LogP contribution in [-0.2, 0) is 0 Å². The van der Waals surface area contributed by atoms with Crippen LogP contribution in [0.5, 0.6) is 0 Å². The van der Waals surface area contributed by atoms with E-state index in [1.807, 2.05) is 0 Å². The Bertz CT molecular complexity index is 138. The minimum atomic E-state index is 0.827. The highest BCUT2D eigenvalue weighted by molar-refractivity contribution is 7.80. The Kier molecular flexibility index (Phi) is 9.73. The molecule has 1 nitrogen and oxygen atoms in total. The number of thiol groups is 1. The monoisotopic (exact) mass is 231 g/mol. The van der Waals surface area contributed by atoms with Gasteiger partial charge in [0.15, 0.2) is 0 Å². The van der Waals surface area contributed by atoms with Gasteiger partial charge in [-0.2, -0.15) is 12.6 Å². The SMILES string of the molecule is CCC(C)CN(CC)CCC(C)CCS. The second-order valence-electron chi connectivity index (χ2n) is 4.81. The molecule has 2 unspecified atom stereocenters. The van der Waals surface area contributed by atoms with Crippen molar-refractivity contribution in [3.8, 4) is 0 Å². The maximum atomic E-state index is 4.28. The normalized spacial score (nSPS) is 15.6. The molecule has 15 heavy (non-hydrogen) atoms. The average Bonchev–Trinajstić information content (AvgIpc) is 2.24. The third kappa shape index (κ3) is 8.15. The Morgan fingerprint density at radius 3 is 2.20 bits per heavy atom. The first-order chi connectivity index (χ1) is 7.13. The largest absolute Gasteiger partial charge is 0.303 e. The fourth-order valence-corrected chi connectivity index (χ4v) is 2.16. The molecule has 0 amide bonds. The average molecular weight is 231 g/mol. The molecule has 0 radical (unpaired) electrons. The molecular weight excluding hydrogens is 202 g/mol. The Morgan fingerprint density at radius 1 is 1.07 bits per heavy atom. The van der Waals surface area contributed by atoms with Crippen LogP contribution in [0.25, 0.3) is 0 Å². The summed E-state index contributed by atoms with van der Waals surface area (Å²) in [4.78, 5) is 2.59. The summed E-state index contributed by atoms with van der Waals surface area (Å²) in [5.74, 6) is 2.69. The zero-order chi connectivity index (χ0) is 11.7. The van der Waals surface area contributed by atoms with Gasteiger partial charge in [0.2, 0.25) is 0 Å². The van der Waals surface area contributed by atoms with Crippen molar-refractivity contribution in [1.82, 2.24) is 4.90 Å². The summed E-state index contributed by atoms with van der Waals surface area (Å²) in [7, 11) is 0. The molecule has 0 fully saturated rings. The molecule has 0 aromatic heterocycles. The summed E-state index contributed by atoms with van der Waals surface area (Å²) in [5.41, 5.74) is 0. The van der Waals surface area contributed by atoms with E-state index < -0.39 is 0 Å². The predicted octanol–water partition coefficient (Wildman–Crippen LogP) is 3.70. The van der Waals surface area contributed by atoms with Crippen molar-refractivity contribution < 1.29 is 0 Å². The van der Waals surface area contributed by atoms with E-state index in [-0.39, 0.29) is 0 Å². The van der Waals surface area contributed by atoms with Gasteiger partial charge >= 0.3 is 0 Å². The highest BCUT2D eigenvalue weighted by Gasteiger charge is 2.08. The molecule has 0 aliphatic heterocycles. The molecule has 0 rings (SSSR count). The van der Waals surface area contributed by atoms with E-state index in [1.54, 1.807) is 0 Å². The molecule has 0 aromatic rings. The molecule has 0 aliphatic carbocycles. The molecule has 2 heteroatoms. The van der Waals surface area contributed by atoms with Crippen molar-refractivity contribution in [3.05, 3.63) is 0 Å². The second kappa shape index (κ2) is 9.53. The van der Waals surface area contributed by atoms with Crippen LogP contribution in [0, 0.1) is 11.8 Å². The summed E-state index contributed by atoms with van der Waals surface area (Å²) in [6.07, 6.45) is 3.87. The standard InChI is InChI=1S/C13H29NS/c1-5-12(3)11-14(6-2)9-7-13(4)8-10-15/h12-13,15H,5-11H2,1-4H3. The molecule has 0 aromatic carbocycles. The smallest absolute Gasteiger partial charge is 0.000680 e. The van der Waals surface area contributed by atoms with Gasteiger partial charge in [0.05, 0.1) is 0 Å². The molecule has 0 spiro atoms. The summed E-state index contributed by atoms with van der Waals surface area (Å²) in [5, 5.41) is 0. The lowest BCUT2D eigenvalue weighted by molar-refractivity contribution is 0.230. The van der Waals surface area contributed by atoms with E-state index >= 15 is 0 Å². The molecule has 0 bridgehead atoms. The Labute approximate surface area is 102 Å². The lowest BCUT2D eigenvalue weighted by atomic mass is 10.0. The van der Waals surface area contributed by atoms with Gasteiger partial charge in [0, 0.05) is 6.54 Å². The third-order valence-electron chi connectivity index (χ3n) is 3.27. The van der Waals surface area contributed by atoms with Crippen molar-refractivity contribution in [2.24, 2.45) is 11.8 Å². The van der Waals surface area contributed by atoms with Gasteiger partial charge in [-0.1, -0.05) is 34.1 Å². The fraction of sp³-hybridized carbons (Fsp3) is 1.00. The Hall–Kier alpha value is 0.310. The first-order valence-electron chi connectivity index (χ1n) is 6.47. The van der Waals surface area contributed by atoms with Crippen LogP contribution in [0.1, 0.15) is 47.0 Å². The Morgan fingerprint density at radius 2 is 1.73 bits per heavy atom. The van der Waals surface area contributed by atoms with Crippen molar-refractivity contribution in [1.29, 1.82) is 0 Å². The number of hydrogen-bond acceptors (Lipinski definition) is 2. The highest BCUT2D eigenvalue weighted by atomic mass is 32.1. The summed E-state index contributed by atoms with van der Waals surface area (Å²) < 4.78 is 0. The summed E-state index contributed by atoms with van der Waals surface area (Å²) >= 11 is 4.28. The first-order valence-corrected chi connectivity index (χ1v) is 7.10. The van der Waals surface area contributed by atoms with Crippen LogP contribution < -0.4 is 0 Å². The van der Waals surface area contributed by atoms with Crippen LogP contribution in [0.15, 0.2) is 0 Å². The number of hydrogen-bond donors (Lipinski definition) is 1. The lowest BCUT2D eigenvalue weighted by Gasteiger charge is -2.25. The van der Waals surface area contributed by atoms with Gasteiger partial charge < -0.3 is 4.90 Å². The number of rotatable bonds is 9. The third-order valence-corrected chi connectivity index (χ3v) is 3.53. The molecule has 0 saturated heterocycles. The molecule has 92 valence electrons. The topological polar surface area (TPSA) is 3.24 Å². The van der Waals surface area contributed by atoms with Gasteiger partial charge in [-0.15, -0.1) is 0 Å². The minimum absolute atomic E-state index is 0.827. The van der Waals surface area contributed by atoms with Crippen LogP contribution in [0.4, 0.5) is 0 Å². The zero-order valence-corrected chi connectivity index (χ0v) is 11.9. The lowest BCUT2D eigenvalue weighted by Crippen LogP contribution is -2.30. The molecule has 0 N–H and O–H groups in total. The molecule has 0 heterocycles. The maximum Gasteiger partial charge on any atom is 0.000680 e. The summed E-state index contributed by atoms with van der Waals surface area (Å²) in [6, 6.07) is 0. The maximum absolute atomic E-state index is 4.28. The van der Waals surface area contributed by atoms with E-state index in [4.69, 9.17) is 0 Å². The molecule has 0 aliphatic rings. The minimum Gasteiger partial charge on any atom is -0.303 e. The summed E-state index contributed by atoms with van der Waals surface area (Å²) in [6.45, 7) is 13.0. The van der Waals surface area contributed by atoms with E-state index in [9.17, 15) is 0 Å². The quantitative estimate of drug-likeness (QED) is 0.592.